The summed E-state index contributed by atoms with van der Waals surface area (Å²) < 4.78 is 41.9. The van der Waals surface area contributed by atoms with E-state index in [1.54, 1.807) is 0 Å². The molecule has 1 aliphatic rings. The Morgan fingerprint density at radius 3 is 2.33 bits per heavy atom. The molecular formula is C26H23BrF3N3. The van der Waals surface area contributed by atoms with Crippen LogP contribution in [-0.4, -0.2) is 22.6 Å². The molecule has 0 aliphatic carbocycles. The van der Waals surface area contributed by atoms with Crippen LogP contribution in [-0.2, 0) is 12.7 Å². The molecule has 0 unspecified atom stereocenters. The molecule has 1 aliphatic heterocycles. The zero-order valence-electron chi connectivity index (χ0n) is 17.9. The van der Waals surface area contributed by atoms with Crippen LogP contribution in [0.3, 0.4) is 0 Å². The molecule has 1 saturated heterocycles. The molecule has 0 amide bonds. The Bertz CT molecular complexity index is 1240. The second-order valence-electron chi connectivity index (χ2n) is 8.52. The van der Waals surface area contributed by atoms with Crippen molar-refractivity contribution in [2.45, 2.75) is 31.5 Å². The lowest BCUT2D eigenvalue weighted by Crippen LogP contribution is -2.33. The highest BCUT2D eigenvalue weighted by Gasteiger charge is 2.31. The topological polar surface area (TPSA) is 21.1 Å². The first-order valence-corrected chi connectivity index (χ1v) is 11.8. The van der Waals surface area contributed by atoms with Crippen LogP contribution in [0, 0.1) is 0 Å². The van der Waals surface area contributed by atoms with Crippen LogP contribution in [0.2, 0.25) is 0 Å². The lowest BCUT2D eigenvalue weighted by molar-refractivity contribution is -0.137. The molecule has 1 fully saturated rings. The van der Waals surface area contributed by atoms with E-state index in [0.29, 0.717) is 11.7 Å². The van der Waals surface area contributed by atoms with Gasteiger partial charge in [0.05, 0.1) is 5.56 Å². The third kappa shape index (κ3) is 4.64. The summed E-state index contributed by atoms with van der Waals surface area (Å²) >= 11 is 3.50. The van der Waals surface area contributed by atoms with Crippen LogP contribution in [0.25, 0.3) is 10.9 Å². The van der Waals surface area contributed by atoms with Crippen molar-refractivity contribution < 1.29 is 13.2 Å². The number of fused-ring (bicyclic) bond motifs is 1. The van der Waals surface area contributed by atoms with Gasteiger partial charge in [0.15, 0.2) is 0 Å². The fraction of sp³-hybridized carbons (Fsp3) is 0.269. The molecule has 0 saturated carbocycles. The van der Waals surface area contributed by atoms with Crippen molar-refractivity contribution in [3.05, 3.63) is 94.2 Å². The SMILES string of the molecule is FC(F)(F)c1ccc(N2CCC(c3cn(Cc4ccc(Br)cc4)c4ccccc34)CC2)nc1. The highest BCUT2D eigenvalue weighted by Crippen LogP contribution is 2.36. The zero-order chi connectivity index (χ0) is 23.0. The van der Waals surface area contributed by atoms with Gasteiger partial charge in [-0.3, -0.25) is 0 Å². The average Bonchev–Trinajstić information content (AvgIpc) is 3.19. The van der Waals surface area contributed by atoms with E-state index < -0.39 is 11.7 Å². The normalized spacial score (nSPS) is 15.3. The molecule has 2 aromatic carbocycles. The predicted octanol–water partition coefficient (Wildman–Crippen LogP) is 7.25. The highest BCUT2D eigenvalue weighted by molar-refractivity contribution is 9.10. The largest absolute Gasteiger partial charge is 0.417 e. The van der Waals surface area contributed by atoms with E-state index in [0.717, 1.165) is 49.2 Å². The average molecular weight is 514 g/mol. The number of aromatic nitrogens is 2. The van der Waals surface area contributed by atoms with E-state index >= 15 is 0 Å². The second kappa shape index (κ2) is 8.86. The summed E-state index contributed by atoms with van der Waals surface area (Å²) in [5.74, 6) is 1.02. The molecule has 170 valence electrons. The maximum atomic E-state index is 12.8. The zero-order valence-corrected chi connectivity index (χ0v) is 19.5. The fourth-order valence-corrected chi connectivity index (χ4v) is 4.94. The summed E-state index contributed by atoms with van der Waals surface area (Å²) in [6, 6.07) is 19.5. The Kier molecular flexibility index (Phi) is 5.91. The standard InChI is InChI=1S/C26H23BrF3N3/c27-21-8-5-18(6-9-21)16-33-17-23(22-3-1-2-4-24(22)33)19-11-13-32(14-12-19)25-10-7-20(15-31-25)26(28,29)30/h1-10,15,17,19H,11-14,16H2. The number of para-hydroxylation sites is 1. The van der Waals surface area contributed by atoms with Gasteiger partial charge in [-0.25, -0.2) is 4.98 Å². The highest BCUT2D eigenvalue weighted by atomic mass is 79.9. The molecule has 2 aromatic heterocycles. The second-order valence-corrected chi connectivity index (χ2v) is 9.44. The number of alkyl halides is 3. The fourth-order valence-electron chi connectivity index (χ4n) is 4.68. The lowest BCUT2D eigenvalue weighted by Gasteiger charge is -2.33. The quantitative estimate of drug-likeness (QED) is 0.286. The molecule has 3 heterocycles. The number of piperidine rings is 1. The summed E-state index contributed by atoms with van der Waals surface area (Å²) in [7, 11) is 0. The Labute approximate surface area is 199 Å². The van der Waals surface area contributed by atoms with Gasteiger partial charge in [0, 0.05) is 47.4 Å². The van der Waals surface area contributed by atoms with Crippen LogP contribution in [0.15, 0.2) is 77.5 Å². The number of nitrogens with zero attached hydrogens (tertiary/aromatic N) is 3. The van der Waals surface area contributed by atoms with Gasteiger partial charge in [-0.1, -0.05) is 46.3 Å². The maximum Gasteiger partial charge on any atom is 0.417 e. The number of halogens is 4. The number of pyridine rings is 1. The van der Waals surface area contributed by atoms with Crippen molar-refractivity contribution in [1.82, 2.24) is 9.55 Å². The summed E-state index contributed by atoms with van der Waals surface area (Å²) in [5.41, 5.74) is 3.11. The van der Waals surface area contributed by atoms with Gasteiger partial charge in [0.2, 0.25) is 0 Å². The summed E-state index contributed by atoms with van der Waals surface area (Å²) in [6.07, 6.45) is 0.730. The van der Waals surface area contributed by atoms with Crippen molar-refractivity contribution >= 4 is 32.7 Å². The summed E-state index contributed by atoms with van der Waals surface area (Å²) in [6.45, 7) is 2.35. The minimum Gasteiger partial charge on any atom is -0.357 e. The van der Waals surface area contributed by atoms with E-state index in [9.17, 15) is 13.2 Å². The number of anilines is 1. The number of rotatable bonds is 4. The molecule has 0 bridgehead atoms. The van der Waals surface area contributed by atoms with E-state index in [4.69, 9.17) is 0 Å². The summed E-state index contributed by atoms with van der Waals surface area (Å²) in [5, 5.41) is 1.28. The van der Waals surface area contributed by atoms with Crippen molar-refractivity contribution in [1.29, 1.82) is 0 Å². The minimum absolute atomic E-state index is 0.409. The Hall–Kier alpha value is -2.80. The van der Waals surface area contributed by atoms with Gasteiger partial charge in [-0.2, -0.15) is 13.2 Å². The van der Waals surface area contributed by atoms with Crippen molar-refractivity contribution in [2.75, 3.05) is 18.0 Å². The molecular weight excluding hydrogens is 491 g/mol. The number of hydrogen-bond acceptors (Lipinski definition) is 2. The van der Waals surface area contributed by atoms with Crippen LogP contribution in [0.5, 0.6) is 0 Å². The van der Waals surface area contributed by atoms with Crippen molar-refractivity contribution in [3.63, 3.8) is 0 Å². The predicted molar refractivity (Wildman–Crippen MR) is 129 cm³/mol. The molecule has 0 radical (unpaired) electrons. The van der Waals surface area contributed by atoms with Gasteiger partial charge >= 0.3 is 6.18 Å². The first-order chi connectivity index (χ1) is 15.9. The number of hydrogen-bond donors (Lipinski definition) is 0. The molecule has 3 nitrogen and oxygen atoms in total. The Morgan fingerprint density at radius 2 is 1.67 bits per heavy atom. The van der Waals surface area contributed by atoms with Gasteiger partial charge in [-0.05, 0) is 60.2 Å². The van der Waals surface area contributed by atoms with Crippen LogP contribution in [0.4, 0.5) is 19.0 Å². The van der Waals surface area contributed by atoms with Crippen LogP contribution < -0.4 is 4.90 Å². The molecule has 0 N–H and O–H groups in total. The van der Waals surface area contributed by atoms with Gasteiger partial charge in [0.25, 0.3) is 0 Å². The molecule has 0 atom stereocenters. The molecule has 0 spiro atoms. The van der Waals surface area contributed by atoms with Gasteiger partial charge in [-0.15, -0.1) is 0 Å². The molecule has 7 heteroatoms. The lowest BCUT2D eigenvalue weighted by atomic mass is 9.89. The van der Waals surface area contributed by atoms with E-state index in [-0.39, 0.29) is 0 Å². The third-order valence-corrected chi connectivity index (χ3v) is 6.95. The van der Waals surface area contributed by atoms with E-state index in [2.05, 4.69) is 85.1 Å². The molecule has 33 heavy (non-hydrogen) atoms. The van der Waals surface area contributed by atoms with Crippen LogP contribution >= 0.6 is 15.9 Å². The Morgan fingerprint density at radius 1 is 0.939 bits per heavy atom. The van der Waals surface area contributed by atoms with E-state index in [1.807, 2.05) is 0 Å². The molecule has 5 rings (SSSR count). The van der Waals surface area contributed by atoms with E-state index in [1.165, 1.54) is 28.1 Å². The van der Waals surface area contributed by atoms with Gasteiger partial charge in [0.1, 0.15) is 5.82 Å². The van der Waals surface area contributed by atoms with Crippen molar-refractivity contribution in [3.8, 4) is 0 Å². The summed E-state index contributed by atoms with van der Waals surface area (Å²) in [4.78, 5) is 6.15. The van der Waals surface area contributed by atoms with Crippen molar-refractivity contribution in [2.24, 2.45) is 0 Å². The first kappa shape index (κ1) is 22.0. The van der Waals surface area contributed by atoms with Crippen LogP contribution in [0.1, 0.15) is 35.4 Å². The third-order valence-electron chi connectivity index (χ3n) is 6.42. The Balaban J connectivity index is 1.34. The van der Waals surface area contributed by atoms with Gasteiger partial charge < -0.3 is 9.47 Å². The maximum absolute atomic E-state index is 12.8. The smallest absolute Gasteiger partial charge is 0.357 e. The number of benzene rings is 2. The monoisotopic (exact) mass is 513 g/mol. The minimum atomic E-state index is -4.36. The molecule has 4 aromatic rings. The first-order valence-electron chi connectivity index (χ1n) is 11.0.